The first kappa shape index (κ1) is 20.9. The Morgan fingerprint density at radius 2 is 1.97 bits per heavy atom. The van der Waals surface area contributed by atoms with Gasteiger partial charge in [0.15, 0.2) is 5.76 Å². The van der Waals surface area contributed by atoms with Crippen LogP contribution in [0, 0.1) is 0 Å². The summed E-state index contributed by atoms with van der Waals surface area (Å²) in [5.41, 5.74) is 1.87. The molecular formula is C20H21F3N2O4. The van der Waals surface area contributed by atoms with E-state index in [2.05, 4.69) is 10.1 Å². The third-order valence-electron chi connectivity index (χ3n) is 4.57. The van der Waals surface area contributed by atoms with Gasteiger partial charge in [-0.05, 0) is 30.2 Å². The van der Waals surface area contributed by atoms with Crippen LogP contribution in [-0.4, -0.2) is 48.2 Å². The number of hydrogen-bond acceptors (Lipinski definition) is 4. The second-order valence-electron chi connectivity index (χ2n) is 6.94. The molecule has 0 aliphatic carbocycles. The quantitative estimate of drug-likeness (QED) is 0.795. The maximum absolute atomic E-state index is 12.9. The van der Waals surface area contributed by atoms with Gasteiger partial charge >= 0.3 is 6.18 Å². The van der Waals surface area contributed by atoms with Gasteiger partial charge in [0, 0.05) is 19.0 Å². The van der Waals surface area contributed by atoms with Gasteiger partial charge in [0.05, 0.1) is 12.9 Å². The number of amides is 2. The van der Waals surface area contributed by atoms with Gasteiger partial charge < -0.3 is 19.4 Å². The Balaban J connectivity index is 1.71. The normalized spacial score (nSPS) is 17.5. The summed E-state index contributed by atoms with van der Waals surface area (Å²) in [5.74, 6) is -0.767. The van der Waals surface area contributed by atoms with Gasteiger partial charge in [-0.2, -0.15) is 13.2 Å². The smallest absolute Gasteiger partial charge is 0.411 e. The van der Waals surface area contributed by atoms with Crippen molar-refractivity contribution in [2.24, 2.45) is 0 Å². The van der Waals surface area contributed by atoms with Gasteiger partial charge in [0.25, 0.3) is 5.91 Å². The number of fused-ring (bicyclic) bond motifs is 1. The van der Waals surface area contributed by atoms with Crippen molar-refractivity contribution < 1.29 is 31.9 Å². The van der Waals surface area contributed by atoms with Gasteiger partial charge in [0.2, 0.25) is 5.91 Å². The molecule has 2 amide bonds. The molecule has 0 saturated carbocycles. The molecule has 2 atom stereocenters. The molecule has 0 fully saturated rings. The summed E-state index contributed by atoms with van der Waals surface area (Å²) >= 11 is 0. The maximum atomic E-state index is 12.9. The molecule has 0 radical (unpaired) electrons. The average Bonchev–Trinajstić information content (AvgIpc) is 3.20. The van der Waals surface area contributed by atoms with Crippen molar-refractivity contribution >= 4 is 11.8 Å². The minimum Gasteiger partial charge on any atom is -0.459 e. The lowest BCUT2D eigenvalue weighted by Crippen LogP contribution is -2.54. The first-order chi connectivity index (χ1) is 13.7. The topological polar surface area (TPSA) is 71.8 Å². The summed E-state index contributed by atoms with van der Waals surface area (Å²) in [6, 6.07) is 9.13. The van der Waals surface area contributed by atoms with E-state index in [4.69, 9.17) is 4.42 Å². The molecule has 3 rings (SSSR count). The summed E-state index contributed by atoms with van der Waals surface area (Å²) < 4.78 is 46.4. The number of rotatable bonds is 6. The van der Waals surface area contributed by atoms with E-state index in [1.807, 2.05) is 24.3 Å². The molecule has 9 heteroatoms. The van der Waals surface area contributed by atoms with Crippen LogP contribution in [0.2, 0.25) is 0 Å². The molecule has 1 aromatic heterocycles. The zero-order chi connectivity index (χ0) is 21.0. The van der Waals surface area contributed by atoms with Gasteiger partial charge in [-0.25, -0.2) is 0 Å². The second kappa shape index (κ2) is 8.69. The predicted octanol–water partition coefficient (Wildman–Crippen LogP) is 2.93. The van der Waals surface area contributed by atoms with Crippen LogP contribution in [0.1, 0.15) is 28.6 Å². The first-order valence-electron chi connectivity index (χ1n) is 9.10. The molecule has 2 aromatic rings. The molecule has 29 heavy (non-hydrogen) atoms. The predicted molar refractivity (Wildman–Crippen MR) is 97.0 cm³/mol. The van der Waals surface area contributed by atoms with E-state index in [0.717, 1.165) is 11.1 Å². The molecule has 1 aliphatic rings. The van der Waals surface area contributed by atoms with Crippen molar-refractivity contribution in [2.75, 3.05) is 13.2 Å². The van der Waals surface area contributed by atoms with E-state index in [9.17, 15) is 22.8 Å². The minimum absolute atomic E-state index is 0.115. The van der Waals surface area contributed by atoms with E-state index in [0.29, 0.717) is 6.42 Å². The molecular weight excluding hydrogens is 389 g/mol. The molecule has 2 unspecified atom stereocenters. The van der Waals surface area contributed by atoms with Crippen LogP contribution in [0.3, 0.4) is 0 Å². The fourth-order valence-electron chi connectivity index (χ4n) is 3.24. The van der Waals surface area contributed by atoms with Crippen molar-refractivity contribution in [2.45, 2.75) is 38.1 Å². The lowest BCUT2D eigenvalue weighted by Gasteiger charge is -2.36. The number of nitrogens with one attached hydrogen (secondary N) is 1. The van der Waals surface area contributed by atoms with Gasteiger partial charge in [-0.15, -0.1) is 0 Å². The van der Waals surface area contributed by atoms with Gasteiger partial charge in [-0.3, -0.25) is 9.59 Å². The van der Waals surface area contributed by atoms with Crippen LogP contribution < -0.4 is 5.32 Å². The lowest BCUT2D eigenvalue weighted by atomic mass is 9.93. The number of alkyl halides is 3. The zero-order valence-corrected chi connectivity index (χ0v) is 15.7. The number of carbonyl (C=O) groups is 2. The summed E-state index contributed by atoms with van der Waals surface area (Å²) in [6.45, 7) is 0.101. The SMILES string of the molecule is CC(COCC(F)(F)F)NC(=O)C1Cc2ccccc2CN1C(=O)c1ccco1. The molecule has 156 valence electrons. The molecule has 6 nitrogen and oxygen atoms in total. The highest BCUT2D eigenvalue weighted by atomic mass is 19.4. The van der Waals surface area contributed by atoms with Crippen LogP contribution in [0.25, 0.3) is 0 Å². The number of hydrogen-bond donors (Lipinski definition) is 1. The van der Waals surface area contributed by atoms with E-state index in [1.54, 1.807) is 13.0 Å². The Morgan fingerprint density at radius 1 is 1.24 bits per heavy atom. The van der Waals surface area contributed by atoms with E-state index >= 15 is 0 Å². The van der Waals surface area contributed by atoms with Crippen molar-refractivity contribution in [3.05, 3.63) is 59.5 Å². The highest BCUT2D eigenvalue weighted by molar-refractivity contribution is 5.96. The highest BCUT2D eigenvalue weighted by Gasteiger charge is 2.36. The Bertz CT molecular complexity index is 852. The van der Waals surface area contributed by atoms with Crippen molar-refractivity contribution in [1.29, 1.82) is 0 Å². The summed E-state index contributed by atoms with van der Waals surface area (Å²) in [5, 5.41) is 2.64. The largest absolute Gasteiger partial charge is 0.459 e. The fraction of sp³-hybridized carbons (Fsp3) is 0.400. The molecule has 1 N–H and O–H groups in total. The van der Waals surface area contributed by atoms with Crippen molar-refractivity contribution in [3.63, 3.8) is 0 Å². The monoisotopic (exact) mass is 410 g/mol. The first-order valence-corrected chi connectivity index (χ1v) is 9.10. The zero-order valence-electron chi connectivity index (χ0n) is 15.7. The van der Waals surface area contributed by atoms with Crippen molar-refractivity contribution in [1.82, 2.24) is 10.2 Å². The molecule has 0 spiro atoms. The third-order valence-corrected chi connectivity index (χ3v) is 4.57. The van der Waals surface area contributed by atoms with Gasteiger partial charge in [0.1, 0.15) is 12.6 Å². The van der Waals surface area contributed by atoms with Crippen LogP contribution in [0.5, 0.6) is 0 Å². The van der Waals surface area contributed by atoms with Crippen LogP contribution in [0.15, 0.2) is 47.1 Å². The fourth-order valence-corrected chi connectivity index (χ4v) is 3.24. The van der Waals surface area contributed by atoms with Crippen LogP contribution in [0.4, 0.5) is 13.2 Å². The molecule has 0 bridgehead atoms. The van der Waals surface area contributed by atoms with E-state index in [-0.39, 0.29) is 18.9 Å². The minimum atomic E-state index is -4.43. The van der Waals surface area contributed by atoms with E-state index in [1.165, 1.54) is 17.2 Å². The second-order valence-corrected chi connectivity index (χ2v) is 6.94. The summed E-state index contributed by atoms with van der Waals surface area (Å²) in [4.78, 5) is 27.1. The molecule has 1 aliphatic heterocycles. The Labute approximate surface area is 165 Å². The Kier molecular flexibility index (Phi) is 6.26. The van der Waals surface area contributed by atoms with Crippen LogP contribution in [-0.2, 0) is 22.5 Å². The number of furan rings is 1. The average molecular weight is 410 g/mol. The molecule has 0 saturated heterocycles. The number of halogens is 3. The van der Waals surface area contributed by atoms with Gasteiger partial charge in [-0.1, -0.05) is 24.3 Å². The standard InChI is InChI=1S/C20H21F3N2O4/c1-13(11-28-12-20(21,22)23)24-18(26)16-9-14-5-2-3-6-15(14)10-25(16)19(27)17-7-4-8-29-17/h2-8,13,16H,9-12H2,1H3,(H,24,26). The number of nitrogens with zero attached hydrogens (tertiary/aromatic N) is 1. The summed E-state index contributed by atoms with van der Waals surface area (Å²) in [7, 11) is 0. The van der Waals surface area contributed by atoms with E-state index < -0.39 is 36.7 Å². The maximum Gasteiger partial charge on any atom is 0.411 e. The number of carbonyl (C=O) groups excluding carboxylic acids is 2. The number of benzene rings is 1. The molecule has 1 aromatic carbocycles. The Hall–Kier alpha value is -2.81. The molecule has 2 heterocycles. The highest BCUT2D eigenvalue weighted by Crippen LogP contribution is 2.25. The third kappa shape index (κ3) is 5.38. The summed E-state index contributed by atoms with van der Waals surface area (Å²) in [6.07, 6.45) is -2.76. The van der Waals surface area contributed by atoms with Crippen LogP contribution >= 0.6 is 0 Å². The Morgan fingerprint density at radius 3 is 2.62 bits per heavy atom. The lowest BCUT2D eigenvalue weighted by molar-refractivity contribution is -0.175. The number of ether oxygens (including phenoxy) is 1. The van der Waals surface area contributed by atoms with Crippen molar-refractivity contribution in [3.8, 4) is 0 Å².